The van der Waals surface area contributed by atoms with E-state index in [9.17, 15) is 0 Å². The van der Waals surface area contributed by atoms with Gasteiger partial charge in [0, 0.05) is 25.2 Å². The first-order valence-corrected chi connectivity index (χ1v) is 8.40. The lowest BCUT2D eigenvalue weighted by atomic mass is 9.95. The van der Waals surface area contributed by atoms with E-state index < -0.39 is 0 Å². The number of hydrogen-bond donors (Lipinski definition) is 1. The normalized spacial score (nSPS) is 22.9. The van der Waals surface area contributed by atoms with Crippen LogP contribution in [0.3, 0.4) is 0 Å². The minimum atomic E-state index is 0.343. The molecule has 0 saturated carbocycles. The largest absolute Gasteiger partial charge is 0.376 e. The van der Waals surface area contributed by atoms with Crippen LogP contribution in [-0.2, 0) is 4.74 Å². The van der Waals surface area contributed by atoms with Gasteiger partial charge < -0.3 is 10.1 Å². The second-order valence-electron chi connectivity index (χ2n) is 5.99. The fraction of sp³-hybridized carbons (Fsp3) is 0.667. The van der Waals surface area contributed by atoms with Gasteiger partial charge >= 0.3 is 0 Å². The molecule has 3 unspecified atom stereocenters. The van der Waals surface area contributed by atoms with Gasteiger partial charge in [-0.25, -0.2) is 0 Å². The lowest BCUT2D eigenvalue weighted by Gasteiger charge is -2.41. The minimum absolute atomic E-state index is 0.343. The Labute approximate surface area is 129 Å². The lowest BCUT2D eigenvalue weighted by Crippen LogP contribution is -2.51. The highest BCUT2D eigenvalue weighted by Gasteiger charge is 2.29. The number of benzene rings is 1. The van der Waals surface area contributed by atoms with Crippen molar-refractivity contribution in [3.8, 4) is 0 Å². The van der Waals surface area contributed by atoms with Gasteiger partial charge in [0.1, 0.15) is 0 Å². The Hall–Kier alpha value is -0.900. The van der Waals surface area contributed by atoms with Crippen LogP contribution in [0, 0.1) is 0 Å². The summed E-state index contributed by atoms with van der Waals surface area (Å²) in [5.41, 5.74) is 1.40. The van der Waals surface area contributed by atoms with E-state index in [1.54, 1.807) is 0 Å². The second-order valence-corrected chi connectivity index (χ2v) is 5.99. The van der Waals surface area contributed by atoms with Crippen molar-refractivity contribution >= 4 is 0 Å². The van der Waals surface area contributed by atoms with Gasteiger partial charge in [0.25, 0.3) is 0 Å². The molecule has 1 saturated heterocycles. The third kappa shape index (κ3) is 4.53. The van der Waals surface area contributed by atoms with E-state index in [-0.39, 0.29) is 0 Å². The van der Waals surface area contributed by atoms with Crippen molar-refractivity contribution in [2.45, 2.75) is 51.8 Å². The summed E-state index contributed by atoms with van der Waals surface area (Å²) in [7, 11) is 0. The number of ether oxygens (including phenoxy) is 1. The highest BCUT2D eigenvalue weighted by Crippen LogP contribution is 2.25. The van der Waals surface area contributed by atoms with Crippen molar-refractivity contribution in [1.82, 2.24) is 10.2 Å². The number of nitrogens with one attached hydrogen (secondary N) is 1. The summed E-state index contributed by atoms with van der Waals surface area (Å²) < 4.78 is 5.71. The first kappa shape index (κ1) is 16.5. The first-order valence-electron chi connectivity index (χ1n) is 8.40. The Bertz CT molecular complexity index is 395. The van der Waals surface area contributed by atoms with E-state index in [4.69, 9.17) is 4.74 Å². The summed E-state index contributed by atoms with van der Waals surface area (Å²) in [6.45, 7) is 10.7. The molecular formula is C18H30N2O. The van der Waals surface area contributed by atoms with Crippen molar-refractivity contribution in [1.29, 1.82) is 0 Å². The molecule has 3 nitrogen and oxygen atoms in total. The summed E-state index contributed by atoms with van der Waals surface area (Å²) in [5.74, 6) is 0. The van der Waals surface area contributed by atoms with Gasteiger partial charge in [-0.3, -0.25) is 4.90 Å². The molecule has 3 atom stereocenters. The van der Waals surface area contributed by atoms with Crippen LogP contribution < -0.4 is 5.32 Å². The fourth-order valence-electron chi connectivity index (χ4n) is 3.29. The van der Waals surface area contributed by atoms with E-state index in [0.29, 0.717) is 18.2 Å². The molecule has 1 heterocycles. The molecule has 1 aromatic carbocycles. The Balaban J connectivity index is 2.16. The van der Waals surface area contributed by atoms with E-state index in [0.717, 1.165) is 32.7 Å². The molecule has 0 amide bonds. The molecule has 0 aliphatic carbocycles. The molecule has 0 bridgehead atoms. The second kappa shape index (κ2) is 8.52. The molecule has 2 rings (SSSR count). The number of morpholine rings is 1. The monoisotopic (exact) mass is 290 g/mol. The SMILES string of the molecule is CCCNC(c1ccccc1)C(CC)N1CCOC(C)C1. The Kier molecular flexibility index (Phi) is 6.68. The molecule has 1 aliphatic rings. The molecule has 1 fully saturated rings. The van der Waals surface area contributed by atoms with Gasteiger partial charge in [-0.15, -0.1) is 0 Å². The average molecular weight is 290 g/mol. The van der Waals surface area contributed by atoms with Gasteiger partial charge in [0.2, 0.25) is 0 Å². The van der Waals surface area contributed by atoms with Gasteiger partial charge in [0.05, 0.1) is 12.7 Å². The van der Waals surface area contributed by atoms with Gasteiger partial charge in [-0.1, -0.05) is 44.2 Å². The zero-order chi connectivity index (χ0) is 15.1. The van der Waals surface area contributed by atoms with Crippen molar-refractivity contribution in [3.05, 3.63) is 35.9 Å². The van der Waals surface area contributed by atoms with Crippen LogP contribution in [0.25, 0.3) is 0 Å². The standard InChI is InChI=1S/C18H30N2O/c1-4-11-19-18(16-9-7-6-8-10-16)17(5-2)20-12-13-21-15(3)14-20/h6-10,15,17-19H,4-5,11-14H2,1-3H3. The third-order valence-electron chi connectivity index (χ3n) is 4.32. The van der Waals surface area contributed by atoms with Crippen LogP contribution in [0.5, 0.6) is 0 Å². The van der Waals surface area contributed by atoms with Crippen molar-refractivity contribution < 1.29 is 4.74 Å². The maximum atomic E-state index is 5.71. The van der Waals surface area contributed by atoms with Gasteiger partial charge in [-0.2, -0.15) is 0 Å². The third-order valence-corrected chi connectivity index (χ3v) is 4.32. The van der Waals surface area contributed by atoms with Crippen molar-refractivity contribution in [3.63, 3.8) is 0 Å². The Morgan fingerprint density at radius 3 is 2.67 bits per heavy atom. The maximum absolute atomic E-state index is 5.71. The summed E-state index contributed by atoms with van der Waals surface area (Å²) in [4.78, 5) is 2.61. The van der Waals surface area contributed by atoms with Gasteiger partial charge in [-0.05, 0) is 31.9 Å². The quantitative estimate of drug-likeness (QED) is 0.834. The van der Waals surface area contributed by atoms with Crippen molar-refractivity contribution in [2.75, 3.05) is 26.2 Å². The predicted octanol–water partition coefficient (Wildman–Crippen LogP) is 3.23. The molecule has 1 N–H and O–H groups in total. The molecule has 1 aromatic rings. The van der Waals surface area contributed by atoms with Crippen LogP contribution in [0.2, 0.25) is 0 Å². The van der Waals surface area contributed by atoms with E-state index in [1.165, 1.54) is 12.0 Å². The van der Waals surface area contributed by atoms with Crippen LogP contribution >= 0.6 is 0 Å². The number of nitrogens with zero attached hydrogens (tertiary/aromatic N) is 1. The summed E-state index contributed by atoms with van der Waals surface area (Å²) in [6, 6.07) is 11.8. The average Bonchev–Trinajstić information content (AvgIpc) is 2.52. The van der Waals surface area contributed by atoms with Crippen LogP contribution in [0.15, 0.2) is 30.3 Å². The zero-order valence-corrected chi connectivity index (χ0v) is 13.7. The Morgan fingerprint density at radius 2 is 2.05 bits per heavy atom. The van der Waals surface area contributed by atoms with E-state index in [1.807, 2.05) is 0 Å². The molecule has 0 radical (unpaired) electrons. The lowest BCUT2D eigenvalue weighted by molar-refractivity contribution is -0.0406. The van der Waals surface area contributed by atoms with Crippen molar-refractivity contribution in [2.24, 2.45) is 0 Å². The highest BCUT2D eigenvalue weighted by atomic mass is 16.5. The molecule has 3 heteroatoms. The smallest absolute Gasteiger partial charge is 0.0674 e. The summed E-state index contributed by atoms with van der Waals surface area (Å²) >= 11 is 0. The van der Waals surface area contributed by atoms with Crippen LogP contribution in [0.1, 0.15) is 45.2 Å². The number of rotatable bonds is 7. The number of hydrogen-bond acceptors (Lipinski definition) is 3. The summed E-state index contributed by atoms with van der Waals surface area (Å²) in [6.07, 6.45) is 2.66. The molecule has 21 heavy (non-hydrogen) atoms. The predicted molar refractivity (Wildman–Crippen MR) is 88.5 cm³/mol. The van der Waals surface area contributed by atoms with Crippen LogP contribution in [-0.4, -0.2) is 43.3 Å². The molecule has 1 aliphatic heterocycles. The molecular weight excluding hydrogens is 260 g/mol. The van der Waals surface area contributed by atoms with Crippen LogP contribution in [0.4, 0.5) is 0 Å². The maximum Gasteiger partial charge on any atom is 0.0674 e. The highest BCUT2D eigenvalue weighted by molar-refractivity contribution is 5.21. The zero-order valence-electron chi connectivity index (χ0n) is 13.7. The minimum Gasteiger partial charge on any atom is -0.376 e. The Morgan fingerprint density at radius 1 is 1.29 bits per heavy atom. The summed E-state index contributed by atoms with van der Waals surface area (Å²) in [5, 5.41) is 3.77. The first-order chi connectivity index (χ1) is 10.3. The molecule has 0 spiro atoms. The van der Waals surface area contributed by atoms with E-state index in [2.05, 4.69) is 61.3 Å². The van der Waals surface area contributed by atoms with E-state index >= 15 is 0 Å². The molecule has 0 aromatic heterocycles. The fourth-order valence-corrected chi connectivity index (χ4v) is 3.29. The van der Waals surface area contributed by atoms with Gasteiger partial charge in [0.15, 0.2) is 0 Å². The molecule has 118 valence electrons. The topological polar surface area (TPSA) is 24.5 Å².